The van der Waals surface area contributed by atoms with Gasteiger partial charge in [-0.1, -0.05) is 5.92 Å². The number of thioether (sulfide) groups is 1. The first kappa shape index (κ1) is 16.8. The second kappa shape index (κ2) is 9.80. The van der Waals surface area contributed by atoms with Gasteiger partial charge in [0, 0.05) is 0 Å². The molecule has 0 saturated heterocycles. The average molecular weight is 272 g/mol. The molecule has 3 N–H and O–H groups in total. The lowest BCUT2D eigenvalue weighted by Gasteiger charge is -2.13. The lowest BCUT2D eigenvalue weighted by atomic mass is 10.2. The highest BCUT2D eigenvalue weighted by Crippen LogP contribution is 2.12. The van der Waals surface area contributed by atoms with Gasteiger partial charge in [-0.3, -0.25) is 9.59 Å². The topological polar surface area (TPSA) is 81.4 Å². The summed E-state index contributed by atoms with van der Waals surface area (Å²) in [6, 6.07) is -0.626. The van der Waals surface area contributed by atoms with Crippen LogP contribution in [0.25, 0.3) is 0 Å². The van der Waals surface area contributed by atoms with Gasteiger partial charge in [-0.2, -0.15) is 0 Å². The van der Waals surface area contributed by atoms with E-state index < -0.39 is 12.0 Å². The fourth-order valence-electron chi connectivity index (χ4n) is 1.10. The van der Waals surface area contributed by atoms with Gasteiger partial charge in [-0.15, -0.1) is 18.2 Å². The Kier molecular flexibility index (Phi) is 9.15. The third kappa shape index (κ3) is 7.20. The summed E-state index contributed by atoms with van der Waals surface area (Å²) in [6.45, 7) is 4.07. The van der Waals surface area contributed by atoms with Crippen LogP contribution in [0.2, 0.25) is 0 Å². The van der Waals surface area contributed by atoms with E-state index in [0.717, 1.165) is 0 Å². The van der Waals surface area contributed by atoms with Crippen LogP contribution in [-0.4, -0.2) is 42.1 Å². The van der Waals surface area contributed by atoms with Crippen molar-refractivity contribution in [3.63, 3.8) is 0 Å². The molecule has 2 unspecified atom stereocenters. The Hall–Kier alpha value is -1.19. The SMILES string of the molecule is C#CCNC(=O)C(C)SCCC(N)C(=O)OCC. The minimum atomic E-state index is -0.626. The molecule has 0 aliphatic carbocycles. The van der Waals surface area contributed by atoms with E-state index in [0.29, 0.717) is 18.8 Å². The molecule has 0 aliphatic rings. The van der Waals surface area contributed by atoms with Crippen LogP contribution < -0.4 is 11.1 Å². The largest absolute Gasteiger partial charge is 0.465 e. The average Bonchev–Trinajstić information content (AvgIpc) is 2.35. The molecule has 0 aliphatic heterocycles. The standard InChI is InChI=1S/C12H20N2O3S/c1-4-7-14-11(15)9(3)18-8-6-10(13)12(16)17-5-2/h1,9-10H,5-8,13H2,2-3H3,(H,14,15). The predicted octanol–water partition coefficient (Wildman–Crippen LogP) is 0.138. The van der Waals surface area contributed by atoms with Gasteiger partial charge in [0.15, 0.2) is 0 Å². The maximum Gasteiger partial charge on any atom is 0.322 e. The Labute approximate surface area is 112 Å². The van der Waals surface area contributed by atoms with Crippen LogP contribution in [0.15, 0.2) is 0 Å². The number of nitrogens with two attached hydrogens (primary N) is 1. The molecule has 18 heavy (non-hydrogen) atoms. The highest BCUT2D eigenvalue weighted by atomic mass is 32.2. The second-order valence-electron chi connectivity index (χ2n) is 3.58. The summed E-state index contributed by atoms with van der Waals surface area (Å²) in [5.74, 6) is 2.44. The zero-order valence-corrected chi connectivity index (χ0v) is 11.6. The summed E-state index contributed by atoms with van der Waals surface area (Å²) >= 11 is 1.43. The van der Waals surface area contributed by atoms with Gasteiger partial charge < -0.3 is 15.8 Å². The van der Waals surface area contributed by atoms with Gasteiger partial charge in [0.25, 0.3) is 0 Å². The van der Waals surface area contributed by atoms with Crippen LogP contribution in [0.5, 0.6) is 0 Å². The van der Waals surface area contributed by atoms with E-state index in [4.69, 9.17) is 16.9 Å². The monoisotopic (exact) mass is 272 g/mol. The summed E-state index contributed by atoms with van der Waals surface area (Å²) in [5.41, 5.74) is 5.63. The summed E-state index contributed by atoms with van der Waals surface area (Å²) in [5, 5.41) is 2.38. The van der Waals surface area contributed by atoms with Crippen LogP contribution in [-0.2, 0) is 14.3 Å². The van der Waals surface area contributed by atoms with Crippen molar-refractivity contribution < 1.29 is 14.3 Å². The highest BCUT2D eigenvalue weighted by molar-refractivity contribution is 8.00. The zero-order valence-electron chi connectivity index (χ0n) is 10.8. The van der Waals surface area contributed by atoms with E-state index in [2.05, 4.69) is 11.2 Å². The quantitative estimate of drug-likeness (QED) is 0.485. The fourth-order valence-corrected chi connectivity index (χ4v) is 2.07. The molecule has 0 bridgehead atoms. The smallest absolute Gasteiger partial charge is 0.322 e. The zero-order chi connectivity index (χ0) is 14.0. The van der Waals surface area contributed by atoms with Gasteiger partial charge in [-0.05, 0) is 26.0 Å². The maximum absolute atomic E-state index is 11.5. The number of ether oxygens (including phenoxy) is 1. The summed E-state index contributed by atoms with van der Waals surface area (Å²) in [6.07, 6.45) is 5.52. The Bertz CT molecular complexity index is 315. The fraction of sp³-hybridized carbons (Fsp3) is 0.667. The molecule has 0 radical (unpaired) electrons. The van der Waals surface area contributed by atoms with E-state index in [-0.39, 0.29) is 17.7 Å². The molecule has 0 saturated carbocycles. The molecule has 0 aromatic heterocycles. The number of amides is 1. The van der Waals surface area contributed by atoms with Crippen molar-refractivity contribution in [2.24, 2.45) is 5.73 Å². The summed E-state index contributed by atoms with van der Waals surface area (Å²) in [4.78, 5) is 22.7. The molecule has 6 heteroatoms. The van der Waals surface area contributed by atoms with Crippen LogP contribution in [0.3, 0.4) is 0 Å². The van der Waals surface area contributed by atoms with Crippen LogP contribution in [0.1, 0.15) is 20.3 Å². The number of esters is 1. The summed E-state index contributed by atoms with van der Waals surface area (Å²) < 4.78 is 4.79. The lowest BCUT2D eigenvalue weighted by Crippen LogP contribution is -2.34. The Balaban J connectivity index is 3.80. The van der Waals surface area contributed by atoms with Crippen molar-refractivity contribution in [1.82, 2.24) is 5.32 Å². The molecular formula is C12H20N2O3S. The molecular weight excluding hydrogens is 252 g/mol. The molecule has 0 heterocycles. The molecule has 5 nitrogen and oxygen atoms in total. The van der Waals surface area contributed by atoms with Gasteiger partial charge >= 0.3 is 5.97 Å². The van der Waals surface area contributed by atoms with Crippen molar-refractivity contribution >= 4 is 23.6 Å². The number of terminal acetylenes is 1. The Morgan fingerprint density at radius 1 is 1.56 bits per heavy atom. The van der Waals surface area contributed by atoms with E-state index in [1.165, 1.54) is 11.8 Å². The molecule has 0 aromatic rings. The molecule has 102 valence electrons. The molecule has 2 atom stereocenters. The van der Waals surface area contributed by atoms with Crippen LogP contribution in [0, 0.1) is 12.3 Å². The normalized spacial score (nSPS) is 13.2. The number of rotatable bonds is 8. The molecule has 0 aromatic carbocycles. The first-order chi connectivity index (χ1) is 8.52. The van der Waals surface area contributed by atoms with E-state index in [1.807, 2.05) is 0 Å². The number of hydrogen-bond acceptors (Lipinski definition) is 5. The van der Waals surface area contributed by atoms with E-state index in [9.17, 15) is 9.59 Å². The molecule has 0 rings (SSSR count). The highest BCUT2D eigenvalue weighted by Gasteiger charge is 2.17. The lowest BCUT2D eigenvalue weighted by molar-refractivity contribution is -0.144. The van der Waals surface area contributed by atoms with Crippen molar-refractivity contribution in [3.05, 3.63) is 0 Å². The summed E-state index contributed by atoms with van der Waals surface area (Å²) in [7, 11) is 0. The van der Waals surface area contributed by atoms with Crippen LogP contribution >= 0.6 is 11.8 Å². The third-order valence-electron chi connectivity index (χ3n) is 2.12. The first-order valence-electron chi connectivity index (χ1n) is 5.77. The molecule has 1 amide bonds. The van der Waals surface area contributed by atoms with Crippen molar-refractivity contribution in [2.75, 3.05) is 18.9 Å². The minimum Gasteiger partial charge on any atom is -0.465 e. The van der Waals surface area contributed by atoms with E-state index in [1.54, 1.807) is 13.8 Å². The van der Waals surface area contributed by atoms with Crippen molar-refractivity contribution in [2.45, 2.75) is 31.6 Å². The maximum atomic E-state index is 11.5. The number of carbonyl (C=O) groups excluding carboxylic acids is 2. The van der Waals surface area contributed by atoms with Gasteiger partial charge in [0.2, 0.25) is 5.91 Å². The van der Waals surface area contributed by atoms with Gasteiger partial charge in [0.1, 0.15) is 6.04 Å². The van der Waals surface area contributed by atoms with E-state index >= 15 is 0 Å². The third-order valence-corrected chi connectivity index (χ3v) is 3.31. The van der Waals surface area contributed by atoms with Gasteiger partial charge in [-0.25, -0.2) is 0 Å². The predicted molar refractivity (Wildman–Crippen MR) is 73.0 cm³/mol. The Morgan fingerprint density at radius 3 is 2.78 bits per heavy atom. The van der Waals surface area contributed by atoms with Crippen molar-refractivity contribution in [3.8, 4) is 12.3 Å². The number of carbonyl (C=O) groups is 2. The number of hydrogen-bond donors (Lipinski definition) is 2. The number of nitrogens with one attached hydrogen (secondary N) is 1. The van der Waals surface area contributed by atoms with Crippen LogP contribution in [0.4, 0.5) is 0 Å². The first-order valence-corrected chi connectivity index (χ1v) is 6.82. The van der Waals surface area contributed by atoms with Crippen molar-refractivity contribution in [1.29, 1.82) is 0 Å². The molecule has 0 spiro atoms. The van der Waals surface area contributed by atoms with Gasteiger partial charge in [0.05, 0.1) is 18.4 Å². The Morgan fingerprint density at radius 2 is 2.22 bits per heavy atom. The minimum absolute atomic E-state index is 0.109. The second-order valence-corrected chi connectivity index (χ2v) is 5.03. The molecule has 0 fully saturated rings.